The number of alkyl halides is 3. The zero-order valence-corrected chi connectivity index (χ0v) is 24.6. The van der Waals surface area contributed by atoms with E-state index in [2.05, 4.69) is 30.6 Å². The Balaban J connectivity index is 1.71. The summed E-state index contributed by atoms with van der Waals surface area (Å²) in [7, 11) is 0. The summed E-state index contributed by atoms with van der Waals surface area (Å²) in [6.45, 7) is 6.11. The number of nitrogens with one attached hydrogen (secondary N) is 2. The molecule has 42 heavy (non-hydrogen) atoms. The highest BCUT2D eigenvalue weighted by Crippen LogP contribution is 2.35. The highest BCUT2D eigenvalue weighted by molar-refractivity contribution is 8.13. The normalized spacial score (nSPS) is 12.1. The minimum absolute atomic E-state index is 0.0269. The van der Waals surface area contributed by atoms with Gasteiger partial charge in [0.2, 0.25) is 5.88 Å². The monoisotopic (exact) mass is 605 g/mol. The van der Waals surface area contributed by atoms with Crippen molar-refractivity contribution in [3.05, 3.63) is 54.5 Å². The summed E-state index contributed by atoms with van der Waals surface area (Å²) in [5, 5.41) is 6.03. The lowest BCUT2D eigenvalue weighted by Crippen LogP contribution is -2.33. The third-order valence-electron chi connectivity index (χ3n) is 5.44. The molecule has 4 N–H and O–H groups in total. The van der Waals surface area contributed by atoms with Crippen molar-refractivity contribution in [1.29, 1.82) is 0 Å². The fourth-order valence-electron chi connectivity index (χ4n) is 3.55. The molecular formula is C28H34F3N7O3S. The maximum atomic E-state index is 13.5. The second-order valence-electron chi connectivity index (χ2n) is 9.97. The summed E-state index contributed by atoms with van der Waals surface area (Å²) in [6.07, 6.45) is -0.0474. The van der Waals surface area contributed by atoms with E-state index in [4.69, 9.17) is 15.2 Å². The molecule has 0 aliphatic heterocycles. The fourth-order valence-corrected chi connectivity index (χ4v) is 3.74. The number of hydrogen-bond acceptors (Lipinski definition) is 9. The van der Waals surface area contributed by atoms with Crippen molar-refractivity contribution in [2.24, 2.45) is 10.7 Å². The number of benzene rings is 1. The van der Waals surface area contributed by atoms with Gasteiger partial charge < -0.3 is 25.8 Å². The minimum Gasteiger partial charge on any atom is -0.444 e. The molecule has 2 heterocycles. The summed E-state index contributed by atoms with van der Waals surface area (Å²) in [5.74, 6) is 0.581. The molecule has 0 atom stereocenters. The zero-order valence-electron chi connectivity index (χ0n) is 23.8. The Kier molecular flexibility index (Phi) is 11.4. The highest BCUT2D eigenvalue weighted by Gasteiger charge is 2.33. The van der Waals surface area contributed by atoms with Crippen LogP contribution >= 0.6 is 11.8 Å². The number of aliphatic imine (C=N–C) groups is 1. The van der Waals surface area contributed by atoms with Crippen LogP contribution in [-0.2, 0) is 10.9 Å². The van der Waals surface area contributed by atoms with Gasteiger partial charge in [0.1, 0.15) is 29.1 Å². The zero-order chi connectivity index (χ0) is 30.8. The number of aromatic nitrogens is 3. The predicted octanol–water partition coefficient (Wildman–Crippen LogP) is 6.77. The van der Waals surface area contributed by atoms with Crippen LogP contribution in [0.4, 0.5) is 29.5 Å². The molecule has 1 aromatic carbocycles. The second kappa shape index (κ2) is 14.7. The third kappa shape index (κ3) is 10.4. The molecule has 3 rings (SSSR count). The van der Waals surface area contributed by atoms with E-state index in [-0.39, 0.29) is 11.7 Å². The first-order valence-electron chi connectivity index (χ1n) is 13.1. The average molecular weight is 606 g/mol. The van der Waals surface area contributed by atoms with E-state index in [1.54, 1.807) is 51.3 Å². The molecule has 0 unspecified atom stereocenters. The molecule has 0 aliphatic rings. The van der Waals surface area contributed by atoms with E-state index >= 15 is 0 Å². The molecule has 3 aromatic rings. The van der Waals surface area contributed by atoms with Gasteiger partial charge in [-0.25, -0.2) is 24.7 Å². The summed E-state index contributed by atoms with van der Waals surface area (Å²) in [4.78, 5) is 28.3. The molecule has 0 radical (unpaired) electrons. The van der Waals surface area contributed by atoms with Crippen molar-refractivity contribution < 1.29 is 27.4 Å². The Bertz CT molecular complexity index is 1380. The molecule has 0 saturated heterocycles. The Hall–Kier alpha value is -4.07. The smallest absolute Gasteiger partial charge is 0.433 e. The Labute approximate surface area is 246 Å². The van der Waals surface area contributed by atoms with Crippen molar-refractivity contribution in [3.63, 3.8) is 0 Å². The van der Waals surface area contributed by atoms with Crippen LogP contribution in [0.2, 0.25) is 0 Å². The quantitative estimate of drug-likeness (QED) is 0.123. The fraction of sp³-hybridized carbons (Fsp3) is 0.393. The standard InChI is InChI=1S/C28H34F3N7O3S/c1-27(2,3)41-26(39)34-15-9-5-8-14-33-24-18(12-13-22(38-24)28(29,30)31)20-16-23(36-17-35-20)40-21-11-7-6-10-19(21)37-25(32)42-4/h6-7,10-13,16-17H,5,8-9,14-15H2,1-4H3,(H2,32,37)(H,33,38)(H,34,39). The van der Waals surface area contributed by atoms with Crippen LogP contribution in [0.15, 0.2) is 53.8 Å². The summed E-state index contributed by atoms with van der Waals surface area (Å²) < 4.78 is 51.5. The summed E-state index contributed by atoms with van der Waals surface area (Å²) >= 11 is 1.28. The van der Waals surface area contributed by atoms with Crippen molar-refractivity contribution in [2.75, 3.05) is 24.7 Å². The van der Waals surface area contributed by atoms with E-state index < -0.39 is 23.6 Å². The van der Waals surface area contributed by atoms with Gasteiger partial charge in [0.05, 0.1) is 5.69 Å². The number of unbranched alkanes of at least 4 members (excludes halogenated alkanes) is 2. The molecule has 10 nitrogen and oxygen atoms in total. The SMILES string of the molecule is CSC(N)=Nc1ccccc1Oc1cc(-c2ccc(C(F)(F)F)nc2NCCCCCNC(=O)OC(C)(C)C)ncn1. The number of hydrogen-bond donors (Lipinski definition) is 3. The van der Waals surface area contributed by atoms with Gasteiger partial charge in [-0.05, 0) is 70.6 Å². The minimum atomic E-state index is -4.62. The third-order valence-corrected chi connectivity index (χ3v) is 5.95. The van der Waals surface area contributed by atoms with E-state index in [9.17, 15) is 18.0 Å². The molecule has 14 heteroatoms. The van der Waals surface area contributed by atoms with Crippen LogP contribution in [0.25, 0.3) is 11.3 Å². The number of para-hydroxylation sites is 2. The van der Waals surface area contributed by atoms with Gasteiger partial charge in [0.15, 0.2) is 10.9 Å². The molecule has 0 saturated carbocycles. The molecule has 0 fully saturated rings. The molecular weight excluding hydrogens is 571 g/mol. The first-order chi connectivity index (χ1) is 19.9. The van der Waals surface area contributed by atoms with Crippen LogP contribution in [0, 0.1) is 0 Å². The molecule has 2 aromatic heterocycles. The number of carbonyl (C=O) groups excluding carboxylic acids is 1. The average Bonchev–Trinajstić information content (AvgIpc) is 2.92. The maximum absolute atomic E-state index is 13.5. The Morgan fingerprint density at radius 2 is 1.79 bits per heavy atom. The van der Waals surface area contributed by atoms with Gasteiger partial charge in [-0.1, -0.05) is 23.9 Å². The number of thioether (sulfide) groups is 1. The summed E-state index contributed by atoms with van der Waals surface area (Å²) in [6, 6.07) is 10.7. The number of amidine groups is 1. The van der Waals surface area contributed by atoms with Crippen LogP contribution in [-0.4, -0.2) is 51.2 Å². The predicted molar refractivity (Wildman–Crippen MR) is 158 cm³/mol. The van der Waals surface area contributed by atoms with Crippen molar-refractivity contribution in [1.82, 2.24) is 20.3 Å². The van der Waals surface area contributed by atoms with E-state index in [1.165, 1.54) is 30.2 Å². The number of alkyl carbamates (subject to hydrolysis) is 1. The van der Waals surface area contributed by atoms with E-state index in [0.29, 0.717) is 60.2 Å². The van der Waals surface area contributed by atoms with Gasteiger partial charge in [-0.15, -0.1) is 0 Å². The van der Waals surface area contributed by atoms with Crippen molar-refractivity contribution in [2.45, 2.75) is 51.8 Å². The lowest BCUT2D eigenvalue weighted by Gasteiger charge is -2.19. The van der Waals surface area contributed by atoms with Gasteiger partial charge in [0, 0.05) is 24.7 Å². The molecule has 0 bridgehead atoms. The number of halogens is 3. The largest absolute Gasteiger partial charge is 0.444 e. The number of carbonyl (C=O) groups is 1. The lowest BCUT2D eigenvalue weighted by atomic mass is 10.1. The first-order valence-corrected chi connectivity index (χ1v) is 14.3. The topological polar surface area (TPSA) is 137 Å². The van der Waals surface area contributed by atoms with Gasteiger partial charge in [0.25, 0.3) is 0 Å². The van der Waals surface area contributed by atoms with Crippen LogP contribution in [0.3, 0.4) is 0 Å². The Morgan fingerprint density at radius 3 is 2.50 bits per heavy atom. The van der Waals surface area contributed by atoms with Gasteiger partial charge in [-0.3, -0.25) is 0 Å². The van der Waals surface area contributed by atoms with E-state index in [0.717, 1.165) is 6.07 Å². The number of ether oxygens (including phenoxy) is 2. The van der Waals surface area contributed by atoms with E-state index in [1.807, 2.05) is 0 Å². The first kappa shape index (κ1) is 32.4. The second-order valence-corrected chi connectivity index (χ2v) is 10.8. The highest BCUT2D eigenvalue weighted by atomic mass is 32.2. The summed E-state index contributed by atoms with van der Waals surface area (Å²) in [5.41, 5.74) is 5.39. The number of nitrogens with two attached hydrogens (primary N) is 1. The molecule has 0 aliphatic carbocycles. The molecule has 1 amide bonds. The number of anilines is 1. The van der Waals surface area contributed by atoms with Crippen molar-refractivity contribution >= 4 is 34.5 Å². The van der Waals surface area contributed by atoms with Crippen LogP contribution in [0.1, 0.15) is 45.7 Å². The lowest BCUT2D eigenvalue weighted by molar-refractivity contribution is -0.141. The number of nitrogens with zero attached hydrogens (tertiary/aromatic N) is 4. The Morgan fingerprint density at radius 1 is 1.05 bits per heavy atom. The number of amides is 1. The molecule has 226 valence electrons. The number of rotatable bonds is 11. The van der Waals surface area contributed by atoms with Crippen LogP contribution in [0.5, 0.6) is 11.6 Å². The van der Waals surface area contributed by atoms with Crippen LogP contribution < -0.4 is 21.1 Å². The van der Waals surface area contributed by atoms with Gasteiger partial charge >= 0.3 is 12.3 Å². The maximum Gasteiger partial charge on any atom is 0.433 e. The van der Waals surface area contributed by atoms with Gasteiger partial charge in [-0.2, -0.15) is 13.2 Å². The number of pyridine rings is 1. The molecule has 0 spiro atoms. The van der Waals surface area contributed by atoms with Crippen molar-refractivity contribution in [3.8, 4) is 22.9 Å².